The molecule has 0 saturated carbocycles. The highest BCUT2D eigenvalue weighted by molar-refractivity contribution is 6.40. The van der Waals surface area contributed by atoms with Crippen LogP contribution in [0, 0.1) is 0 Å². The highest BCUT2D eigenvalue weighted by atomic mass is 16.5. The summed E-state index contributed by atoms with van der Waals surface area (Å²) >= 11 is 0. The molecule has 0 heterocycles. The van der Waals surface area contributed by atoms with Crippen molar-refractivity contribution in [3.8, 4) is 11.5 Å². The highest BCUT2D eigenvalue weighted by Crippen LogP contribution is 2.28. The molecule has 0 bridgehead atoms. The van der Waals surface area contributed by atoms with Crippen LogP contribution in [-0.4, -0.2) is 31.0 Å². The van der Waals surface area contributed by atoms with E-state index in [2.05, 4.69) is 21.2 Å². The van der Waals surface area contributed by atoms with Crippen LogP contribution in [0.25, 0.3) is 0 Å². The molecule has 0 unspecified atom stereocenters. The molecule has 3 amide bonds. The van der Waals surface area contributed by atoms with E-state index in [0.29, 0.717) is 29.4 Å². The summed E-state index contributed by atoms with van der Waals surface area (Å²) in [6, 6.07) is 30.2. The third kappa shape index (κ3) is 7.53. The molecule has 0 atom stereocenters. The zero-order valence-corrected chi connectivity index (χ0v) is 21.1. The van der Waals surface area contributed by atoms with Gasteiger partial charge < -0.3 is 20.1 Å². The van der Waals surface area contributed by atoms with Crippen LogP contribution in [0.5, 0.6) is 11.5 Å². The number of hydrogen-bond donors (Lipinski definition) is 3. The summed E-state index contributed by atoms with van der Waals surface area (Å²) < 4.78 is 11.2. The largest absolute Gasteiger partial charge is 0.493 e. The zero-order chi connectivity index (χ0) is 27.5. The first-order valence-corrected chi connectivity index (χ1v) is 12.0. The predicted octanol–water partition coefficient (Wildman–Crippen LogP) is 4.62. The van der Waals surface area contributed by atoms with Crippen molar-refractivity contribution in [2.45, 2.75) is 6.61 Å². The van der Waals surface area contributed by atoms with Crippen molar-refractivity contribution in [3.05, 3.63) is 120 Å². The van der Waals surface area contributed by atoms with Crippen molar-refractivity contribution in [1.82, 2.24) is 5.43 Å². The van der Waals surface area contributed by atoms with Crippen LogP contribution in [0.3, 0.4) is 0 Å². The molecule has 3 N–H and O–H groups in total. The zero-order valence-electron chi connectivity index (χ0n) is 21.1. The molecule has 0 fully saturated rings. The maximum absolute atomic E-state index is 12.7. The Balaban J connectivity index is 1.34. The molecule has 196 valence electrons. The second-order valence-electron chi connectivity index (χ2n) is 8.20. The number of benzene rings is 4. The molecule has 0 aliphatic heterocycles. The summed E-state index contributed by atoms with van der Waals surface area (Å²) in [6.07, 6.45) is 1.37. The van der Waals surface area contributed by atoms with Gasteiger partial charge in [0.15, 0.2) is 11.5 Å². The van der Waals surface area contributed by atoms with Gasteiger partial charge in [-0.15, -0.1) is 0 Å². The molecule has 0 aliphatic carbocycles. The van der Waals surface area contributed by atoms with Crippen LogP contribution >= 0.6 is 0 Å². The Hall–Kier alpha value is -5.44. The molecule has 39 heavy (non-hydrogen) atoms. The minimum atomic E-state index is -1.00. The smallest absolute Gasteiger partial charge is 0.329 e. The normalized spacial score (nSPS) is 10.5. The van der Waals surface area contributed by atoms with Crippen molar-refractivity contribution >= 4 is 35.3 Å². The predicted molar refractivity (Wildman–Crippen MR) is 149 cm³/mol. The highest BCUT2D eigenvalue weighted by Gasteiger charge is 2.18. The lowest BCUT2D eigenvalue weighted by Crippen LogP contribution is -2.33. The van der Waals surface area contributed by atoms with Crippen molar-refractivity contribution in [2.24, 2.45) is 5.10 Å². The minimum absolute atomic E-state index is 0.186. The molecule has 0 aliphatic rings. The van der Waals surface area contributed by atoms with Gasteiger partial charge in [0.2, 0.25) is 0 Å². The third-order valence-corrected chi connectivity index (χ3v) is 5.46. The summed E-state index contributed by atoms with van der Waals surface area (Å²) in [5.74, 6) is -1.37. The van der Waals surface area contributed by atoms with Crippen LogP contribution < -0.4 is 25.5 Å². The Morgan fingerprint density at radius 3 is 2.21 bits per heavy atom. The maximum atomic E-state index is 12.7. The minimum Gasteiger partial charge on any atom is -0.493 e. The van der Waals surface area contributed by atoms with E-state index in [1.807, 2.05) is 36.4 Å². The molecule has 9 heteroatoms. The van der Waals surface area contributed by atoms with Gasteiger partial charge in [-0.1, -0.05) is 60.7 Å². The summed E-state index contributed by atoms with van der Waals surface area (Å²) in [5, 5.41) is 9.06. The number of ether oxygens (including phenoxy) is 2. The fourth-order valence-corrected chi connectivity index (χ4v) is 3.52. The van der Waals surface area contributed by atoms with Gasteiger partial charge in [0, 0.05) is 5.69 Å². The molecular weight excluding hydrogens is 496 g/mol. The number of amides is 3. The monoisotopic (exact) mass is 522 g/mol. The Morgan fingerprint density at radius 2 is 1.46 bits per heavy atom. The number of nitrogens with zero attached hydrogens (tertiary/aromatic N) is 1. The van der Waals surface area contributed by atoms with E-state index in [-0.39, 0.29) is 11.3 Å². The summed E-state index contributed by atoms with van der Waals surface area (Å²) in [5.41, 5.74) is 4.80. The fourth-order valence-electron chi connectivity index (χ4n) is 3.52. The van der Waals surface area contributed by atoms with E-state index in [1.165, 1.54) is 19.4 Å². The summed E-state index contributed by atoms with van der Waals surface area (Å²) in [6.45, 7) is 0.382. The van der Waals surface area contributed by atoms with Gasteiger partial charge in [-0.25, -0.2) is 5.43 Å². The Morgan fingerprint density at radius 1 is 0.769 bits per heavy atom. The average Bonchev–Trinajstić information content (AvgIpc) is 2.97. The number of hydrazone groups is 1. The first kappa shape index (κ1) is 26.6. The van der Waals surface area contributed by atoms with Gasteiger partial charge in [-0.2, -0.15) is 5.10 Å². The van der Waals surface area contributed by atoms with Gasteiger partial charge in [0.1, 0.15) is 6.61 Å². The van der Waals surface area contributed by atoms with Crippen LogP contribution in [-0.2, 0) is 16.2 Å². The number of carbonyl (C=O) groups is 3. The first-order chi connectivity index (χ1) is 19.0. The van der Waals surface area contributed by atoms with Gasteiger partial charge in [-0.3, -0.25) is 14.4 Å². The topological polar surface area (TPSA) is 118 Å². The fraction of sp³-hybridized carbons (Fsp3) is 0.0667. The van der Waals surface area contributed by atoms with Crippen LogP contribution in [0.1, 0.15) is 21.5 Å². The van der Waals surface area contributed by atoms with Crippen molar-refractivity contribution in [1.29, 1.82) is 0 Å². The van der Waals surface area contributed by atoms with E-state index < -0.39 is 17.7 Å². The molecule has 0 saturated heterocycles. The number of methoxy groups -OCH3 is 1. The van der Waals surface area contributed by atoms with Gasteiger partial charge in [-0.05, 0) is 53.6 Å². The summed E-state index contributed by atoms with van der Waals surface area (Å²) in [7, 11) is 1.52. The van der Waals surface area contributed by atoms with Crippen molar-refractivity contribution < 1.29 is 23.9 Å². The second kappa shape index (κ2) is 13.2. The van der Waals surface area contributed by atoms with Crippen LogP contribution in [0.2, 0.25) is 0 Å². The molecule has 0 spiro atoms. The van der Waals surface area contributed by atoms with Crippen LogP contribution in [0.4, 0.5) is 11.4 Å². The molecule has 0 aromatic heterocycles. The quantitative estimate of drug-likeness (QED) is 0.169. The molecule has 0 radical (unpaired) electrons. The van der Waals surface area contributed by atoms with Crippen molar-refractivity contribution in [3.63, 3.8) is 0 Å². The standard InChI is InChI=1S/C30H26N4O5/c1-38-27-18-22(16-17-26(27)39-20-21-10-4-2-5-11-21)19-31-34-30(37)29(36)33-25-15-9-8-14-24(25)28(35)32-23-12-6-3-7-13-23/h2-19H,20H2,1H3,(H,32,35)(H,33,36)(H,34,37). The lowest BCUT2D eigenvalue weighted by Gasteiger charge is -2.11. The number of nitrogens with one attached hydrogen (secondary N) is 3. The third-order valence-electron chi connectivity index (χ3n) is 5.46. The average molecular weight is 523 g/mol. The maximum Gasteiger partial charge on any atom is 0.329 e. The van der Waals surface area contributed by atoms with E-state index in [4.69, 9.17) is 9.47 Å². The molecule has 4 rings (SSSR count). The van der Waals surface area contributed by atoms with Gasteiger partial charge in [0.05, 0.1) is 24.6 Å². The lowest BCUT2D eigenvalue weighted by molar-refractivity contribution is -0.136. The second-order valence-corrected chi connectivity index (χ2v) is 8.20. The van der Waals surface area contributed by atoms with Gasteiger partial charge >= 0.3 is 11.8 Å². The number of hydrogen-bond acceptors (Lipinski definition) is 6. The summed E-state index contributed by atoms with van der Waals surface area (Å²) in [4.78, 5) is 37.5. The van der Waals surface area contributed by atoms with Gasteiger partial charge in [0.25, 0.3) is 5.91 Å². The Labute approximate surface area is 225 Å². The Bertz CT molecular complexity index is 1470. The van der Waals surface area contributed by atoms with E-state index in [9.17, 15) is 14.4 Å². The Kier molecular flexibility index (Phi) is 9.01. The van der Waals surface area contributed by atoms with E-state index in [1.54, 1.807) is 60.7 Å². The first-order valence-electron chi connectivity index (χ1n) is 12.0. The van der Waals surface area contributed by atoms with Crippen molar-refractivity contribution in [2.75, 3.05) is 17.7 Å². The molecule has 4 aromatic rings. The molecule has 4 aromatic carbocycles. The number of anilines is 2. The lowest BCUT2D eigenvalue weighted by atomic mass is 10.1. The molecular formula is C30H26N4O5. The number of carbonyl (C=O) groups excluding carboxylic acids is 3. The molecule has 9 nitrogen and oxygen atoms in total. The van der Waals surface area contributed by atoms with E-state index >= 15 is 0 Å². The van der Waals surface area contributed by atoms with Crippen LogP contribution in [0.15, 0.2) is 108 Å². The SMILES string of the molecule is COc1cc(C=NNC(=O)C(=O)Nc2ccccc2C(=O)Nc2ccccc2)ccc1OCc1ccccc1. The number of para-hydroxylation sites is 2. The van der Waals surface area contributed by atoms with E-state index in [0.717, 1.165) is 5.56 Å². The number of rotatable bonds is 9.